The van der Waals surface area contributed by atoms with Gasteiger partial charge in [-0.05, 0) is 60.9 Å². The summed E-state index contributed by atoms with van der Waals surface area (Å²) in [5.74, 6) is 0.998. The number of fused-ring (bicyclic) bond motifs is 1. The van der Waals surface area contributed by atoms with Crippen molar-refractivity contribution in [1.82, 2.24) is 0 Å². The van der Waals surface area contributed by atoms with E-state index in [1.807, 2.05) is 19.1 Å². The van der Waals surface area contributed by atoms with Crippen LogP contribution in [0.2, 0.25) is 0 Å². The number of nitrogens with zero attached hydrogens (tertiary/aromatic N) is 1. The van der Waals surface area contributed by atoms with Crippen molar-refractivity contribution in [1.29, 1.82) is 0 Å². The Kier molecular flexibility index (Phi) is 6.64. The summed E-state index contributed by atoms with van der Waals surface area (Å²) in [6.07, 6.45) is 2.70. The lowest BCUT2D eigenvalue weighted by Crippen LogP contribution is -2.27. The molecule has 2 aromatic rings. The number of hydrogen-bond acceptors (Lipinski definition) is 6. The van der Waals surface area contributed by atoms with Crippen LogP contribution in [0, 0.1) is 0 Å². The molecule has 0 saturated carbocycles. The van der Waals surface area contributed by atoms with Crippen LogP contribution in [0.25, 0.3) is 0 Å². The van der Waals surface area contributed by atoms with Gasteiger partial charge >= 0.3 is 5.97 Å². The summed E-state index contributed by atoms with van der Waals surface area (Å²) in [5, 5.41) is 0. The highest BCUT2D eigenvalue weighted by molar-refractivity contribution is 7.92. The molecule has 3 rings (SSSR count). The minimum Gasteiger partial charge on any atom is -0.494 e. The van der Waals surface area contributed by atoms with Gasteiger partial charge in [0, 0.05) is 6.54 Å². The Morgan fingerprint density at radius 3 is 2.28 bits per heavy atom. The lowest BCUT2D eigenvalue weighted by atomic mass is 10.1. The van der Waals surface area contributed by atoms with Crippen LogP contribution in [-0.2, 0) is 21.2 Å². The van der Waals surface area contributed by atoms with Gasteiger partial charge in [0.15, 0.2) is 0 Å². The Morgan fingerprint density at radius 1 is 1.00 bits per heavy atom. The Bertz CT molecular complexity index is 956. The number of benzene rings is 2. The zero-order chi connectivity index (χ0) is 20.9. The zero-order valence-electron chi connectivity index (χ0n) is 16.6. The number of sulfonamides is 1. The first-order valence-corrected chi connectivity index (χ1v) is 11.4. The van der Waals surface area contributed by atoms with Crippen molar-refractivity contribution in [2.75, 3.05) is 36.9 Å². The average molecular weight is 419 g/mol. The first-order valence-electron chi connectivity index (χ1n) is 9.52. The van der Waals surface area contributed by atoms with E-state index in [2.05, 4.69) is 0 Å². The number of anilines is 1. The van der Waals surface area contributed by atoms with E-state index < -0.39 is 16.0 Å². The number of carbonyl (C=O) groups excluding carboxylic acids is 1. The summed E-state index contributed by atoms with van der Waals surface area (Å²) in [6, 6.07) is 12.2. The molecule has 0 N–H and O–H groups in total. The fourth-order valence-electron chi connectivity index (χ4n) is 3.07. The van der Waals surface area contributed by atoms with Gasteiger partial charge < -0.3 is 14.2 Å². The molecule has 8 heteroatoms. The van der Waals surface area contributed by atoms with E-state index in [9.17, 15) is 13.2 Å². The minimum absolute atomic E-state index is 0.111. The second kappa shape index (κ2) is 9.17. The van der Waals surface area contributed by atoms with Crippen molar-refractivity contribution in [2.45, 2.75) is 19.8 Å². The van der Waals surface area contributed by atoms with Crippen molar-refractivity contribution < 1.29 is 27.4 Å². The summed E-state index contributed by atoms with van der Waals surface area (Å²) in [6.45, 7) is 3.45. The van der Waals surface area contributed by atoms with E-state index in [4.69, 9.17) is 14.2 Å². The molecule has 1 aliphatic heterocycles. The van der Waals surface area contributed by atoms with E-state index in [0.29, 0.717) is 36.6 Å². The first kappa shape index (κ1) is 21.0. The maximum absolute atomic E-state index is 12.3. The van der Waals surface area contributed by atoms with Crippen molar-refractivity contribution in [3.63, 3.8) is 0 Å². The van der Waals surface area contributed by atoms with Crippen LogP contribution in [0.1, 0.15) is 29.3 Å². The van der Waals surface area contributed by atoms with E-state index in [1.165, 1.54) is 10.6 Å². The molecular weight excluding hydrogens is 394 g/mol. The van der Waals surface area contributed by atoms with E-state index in [-0.39, 0.29) is 13.2 Å². The van der Waals surface area contributed by atoms with Crippen LogP contribution in [-0.4, -0.2) is 47.0 Å². The standard InChI is InChI=1S/C21H25NO6S/c1-3-12-26-18-5-7-19(8-6-18)27-13-14-28-21(23)17-4-9-20-16(15-17)10-11-22(20)29(2,24)25/h4-9,15H,3,10-14H2,1-2H3. The molecule has 156 valence electrons. The van der Waals surface area contributed by atoms with Crippen molar-refractivity contribution in [3.05, 3.63) is 53.6 Å². The van der Waals surface area contributed by atoms with Crippen molar-refractivity contribution in [3.8, 4) is 11.5 Å². The highest BCUT2D eigenvalue weighted by Crippen LogP contribution is 2.30. The lowest BCUT2D eigenvalue weighted by Gasteiger charge is -2.16. The number of ether oxygens (including phenoxy) is 3. The highest BCUT2D eigenvalue weighted by atomic mass is 32.2. The third-order valence-electron chi connectivity index (χ3n) is 4.45. The van der Waals surface area contributed by atoms with Crippen LogP contribution in [0.3, 0.4) is 0 Å². The molecule has 7 nitrogen and oxygen atoms in total. The smallest absolute Gasteiger partial charge is 0.338 e. The van der Waals surface area contributed by atoms with Crippen LogP contribution in [0.5, 0.6) is 11.5 Å². The van der Waals surface area contributed by atoms with Gasteiger partial charge in [-0.3, -0.25) is 4.31 Å². The fraction of sp³-hybridized carbons (Fsp3) is 0.381. The van der Waals surface area contributed by atoms with Gasteiger partial charge in [-0.15, -0.1) is 0 Å². The zero-order valence-corrected chi connectivity index (χ0v) is 17.4. The van der Waals surface area contributed by atoms with Gasteiger partial charge in [-0.25, -0.2) is 13.2 Å². The van der Waals surface area contributed by atoms with Gasteiger partial charge in [0.1, 0.15) is 24.7 Å². The number of esters is 1. The highest BCUT2D eigenvalue weighted by Gasteiger charge is 2.26. The molecule has 1 heterocycles. The van der Waals surface area contributed by atoms with Crippen molar-refractivity contribution >= 4 is 21.7 Å². The molecule has 0 aliphatic carbocycles. The summed E-state index contributed by atoms with van der Waals surface area (Å²) >= 11 is 0. The van der Waals surface area contributed by atoms with Gasteiger partial charge in [0.2, 0.25) is 10.0 Å². The Morgan fingerprint density at radius 2 is 1.66 bits per heavy atom. The van der Waals surface area contributed by atoms with E-state index >= 15 is 0 Å². The molecule has 0 spiro atoms. The molecule has 0 unspecified atom stereocenters. The second-order valence-corrected chi connectivity index (χ2v) is 8.64. The Hall–Kier alpha value is -2.74. The molecule has 0 amide bonds. The SMILES string of the molecule is CCCOc1ccc(OCCOC(=O)c2ccc3c(c2)CCN3S(C)(=O)=O)cc1. The predicted octanol–water partition coefficient (Wildman–Crippen LogP) is 3.03. The van der Waals surface area contributed by atoms with Crippen LogP contribution >= 0.6 is 0 Å². The monoisotopic (exact) mass is 419 g/mol. The fourth-order valence-corrected chi connectivity index (χ4v) is 4.03. The number of carbonyl (C=O) groups is 1. The van der Waals surface area contributed by atoms with Gasteiger partial charge in [-0.2, -0.15) is 0 Å². The molecule has 1 aliphatic rings. The Balaban J connectivity index is 1.48. The molecule has 0 aromatic heterocycles. The quantitative estimate of drug-likeness (QED) is 0.459. The molecule has 0 bridgehead atoms. The average Bonchev–Trinajstić information content (AvgIpc) is 3.14. The summed E-state index contributed by atoms with van der Waals surface area (Å²) in [5.41, 5.74) is 1.85. The second-order valence-electron chi connectivity index (χ2n) is 6.73. The maximum Gasteiger partial charge on any atom is 0.338 e. The van der Waals surface area contributed by atoms with E-state index in [0.717, 1.165) is 17.7 Å². The number of rotatable bonds is 9. The van der Waals surface area contributed by atoms with Gasteiger partial charge in [0.05, 0.1) is 24.1 Å². The molecule has 0 atom stereocenters. The van der Waals surface area contributed by atoms with Crippen LogP contribution in [0.15, 0.2) is 42.5 Å². The third-order valence-corrected chi connectivity index (χ3v) is 5.63. The molecule has 0 saturated heterocycles. The Labute approximate surface area is 171 Å². The topological polar surface area (TPSA) is 82.1 Å². The molecule has 0 radical (unpaired) electrons. The van der Waals surface area contributed by atoms with E-state index in [1.54, 1.807) is 30.3 Å². The van der Waals surface area contributed by atoms with Gasteiger partial charge in [0.25, 0.3) is 0 Å². The summed E-state index contributed by atoms with van der Waals surface area (Å²) < 4.78 is 41.3. The summed E-state index contributed by atoms with van der Waals surface area (Å²) in [4.78, 5) is 12.3. The molecule has 0 fully saturated rings. The van der Waals surface area contributed by atoms with Gasteiger partial charge in [-0.1, -0.05) is 6.92 Å². The third kappa shape index (κ3) is 5.41. The molecular formula is C21H25NO6S. The lowest BCUT2D eigenvalue weighted by molar-refractivity contribution is 0.0450. The number of hydrogen-bond donors (Lipinski definition) is 0. The summed E-state index contributed by atoms with van der Waals surface area (Å²) in [7, 11) is -3.31. The van der Waals surface area contributed by atoms with Crippen molar-refractivity contribution in [2.24, 2.45) is 0 Å². The minimum atomic E-state index is -3.31. The first-order chi connectivity index (χ1) is 13.9. The maximum atomic E-state index is 12.3. The van der Waals surface area contributed by atoms with Crippen LogP contribution < -0.4 is 13.8 Å². The largest absolute Gasteiger partial charge is 0.494 e. The molecule has 29 heavy (non-hydrogen) atoms. The molecule has 2 aromatic carbocycles. The van der Waals surface area contributed by atoms with Crippen LogP contribution in [0.4, 0.5) is 5.69 Å². The normalized spacial score (nSPS) is 13.1. The predicted molar refractivity (Wildman–Crippen MR) is 110 cm³/mol.